The van der Waals surface area contributed by atoms with Crippen LogP contribution in [0.15, 0.2) is 168 Å². The maximum absolute atomic E-state index is 6.30. The highest BCUT2D eigenvalue weighted by atomic mass is 16.3. The van der Waals surface area contributed by atoms with Crippen LogP contribution in [0.2, 0.25) is 0 Å². The minimum absolute atomic E-state index is 0.114. The number of benzene rings is 7. The molecule has 5 aliphatic rings. The van der Waals surface area contributed by atoms with E-state index in [4.69, 9.17) is 4.42 Å². The Kier molecular flexibility index (Phi) is 6.55. The van der Waals surface area contributed by atoms with Gasteiger partial charge < -0.3 is 9.32 Å². The zero-order valence-corrected chi connectivity index (χ0v) is 30.3. The Bertz CT molecular complexity index is 2690. The van der Waals surface area contributed by atoms with Crippen LogP contribution >= 0.6 is 0 Å². The highest BCUT2D eigenvalue weighted by Gasteiger charge is 2.61. The molecule has 0 saturated heterocycles. The summed E-state index contributed by atoms with van der Waals surface area (Å²) < 4.78 is 6.30. The van der Waals surface area contributed by atoms with Gasteiger partial charge in [0.15, 0.2) is 0 Å². The van der Waals surface area contributed by atoms with Gasteiger partial charge in [0.25, 0.3) is 0 Å². The van der Waals surface area contributed by atoms with Crippen molar-refractivity contribution in [3.05, 3.63) is 175 Å². The molecule has 2 heteroatoms. The number of nitrogens with zero attached hydrogens (tertiary/aromatic N) is 1. The molecule has 260 valence electrons. The predicted octanol–water partition coefficient (Wildman–Crippen LogP) is 14.1. The Morgan fingerprint density at radius 2 is 0.926 bits per heavy atom. The number of fused-ring (bicyclic) bond motifs is 6. The average Bonchev–Trinajstić information content (AvgIpc) is 3.74. The monoisotopic (exact) mass is 695 g/mol. The van der Waals surface area contributed by atoms with Crippen molar-refractivity contribution in [1.82, 2.24) is 0 Å². The van der Waals surface area contributed by atoms with Crippen LogP contribution in [0.25, 0.3) is 55.3 Å². The van der Waals surface area contributed by atoms with Crippen molar-refractivity contribution >= 4 is 39.0 Å². The zero-order chi connectivity index (χ0) is 35.4. The SMILES string of the molecule is c1ccc(-c2ccc(N(c3ccc4c(c3)-c3cc(-c5ccccc5)ccc3C43C4CC5CC(C4)CC3C5)c3ccc4oc5ccccc5c4c3)cc2)cc1. The van der Waals surface area contributed by atoms with E-state index in [0.717, 1.165) is 57.0 Å². The van der Waals surface area contributed by atoms with Gasteiger partial charge in [-0.1, -0.05) is 109 Å². The lowest BCUT2D eigenvalue weighted by Gasteiger charge is -2.61. The molecule has 4 saturated carbocycles. The second-order valence-corrected chi connectivity index (χ2v) is 16.6. The number of anilines is 3. The molecule has 8 aromatic rings. The third kappa shape index (κ3) is 4.40. The second kappa shape index (κ2) is 11.6. The Balaban J connectivity index is 1.07. The van der Waals surface area contributed by atoms with Crippen LogP contribution in [-0.2, 0) is 5.41 Å². The lowest BCUT2D eigenvalue weighted by Crippen LogP contribution is -2.55. The first kappa shape index (κ1) is 30.6. The number of rotatable bonds is 5. The van der Waals surface area contributed by atoms with E-state index >= 15 is 0 Å². The van der Waals surface area contributed by atoms with Gasteiger partial charge in [-0.2, -0.15) is 0 Å². The quantitative estimate of drug-likeness (QED) is 0.178. The Hall–Kier alpha value is -5.86. The van der Waals surface area contributed by atoms with Crippen LogP contribution in [0.1, 0.15) is 43.2 Å². The zero-order valence-electron chi connectivity index (χ0n) is 30.3. The molecular weight excluding hydrogens is 655 g/mol. The van der Waals surface area contributed by atoms with Crippen LogP contribution in [-0.4, -0.2) is 0 Å². The summed E-state index contributed by atoms with van der Waals surface area (Å²) in [6.45, 7) is 0. The van der Waals surface area contributed by atoms with Gasteiger partial charge in [-0.3, -0.25) is 0 Å². The standard InChI is InChI=1S/C52H41NO/c1-3-9-35(10-4-1)37-15-18-41(19-16-37)53(43-21-24-51-47(32-43)44-13-7-8-14-50(44)54-51)42-20-23-49-46(31-42)45-30-38(36-11-5-2-6-12-36)17-22-48(45)52(49)39-26-33-25-34(28-39)29-40(52)27-33/h1-24,30-34,39-40H,25-29H2. The fourth-order valence-electron chi connectivity index (χ4n) is 11.9. The van der Waals surface area contributed by atoms with Gasteiger partial charge in [-0.25, -0.2) is 0 Å². The van der Waals surface area contributed by atoms with E-state index in [0.29, 0.717) is 0 Å². The number of para-hydroxylation sites is 1. The first-order valence-electron chi connectivity index (χ1n) is 19.9. The molecule has 0 aliphatic heterocycles. The molecule has 1 aromatic heterocycles. The minimum atomic E-state index is 0.114. The summed E-state index contributed by atoms with van der Waals surface area (Å²) in [4.78, 5) is 2.46. The van der Waals surface area contributed by atoms with Crippen LogP contribution in [0.4, 0.5) is 17.1 Å². The van der Waals surface area contributed by atoms with Crippen LogP contribution in [0.5, 0.6) is 0 Å². The van der Waals surface area contributed by atoms with Crippen molar-refractivity contribution in [2.24, 2.45) is 23.7 Å². The van der Waals surface area contributed by atoms with Crippen molar-refractivity contribution in [3.63, 3.8) is 0 Å². The van der Waals surface area contributed by atoms with Crippen LogP contribution in [0.3, 0.4) is 0 Å². The topological polar surface area (TPSA) is 16.4 Å². The molecule has 13 rings (SSSR count). The number of furan rings is 1. The summed E-state index contributed by atoms with van der Waals surface area (Å²) in [6.07, 6.45) is 6.99. The van der Waals surface area contributed by atoms with E-state index in [1.165, 1.54) is 71.2 Å². The molecule has 54 heavy (non-hydrogen) atoms. The molecule has 2 nitrogen and oxygen atoms in total. The Morgan fingerprint density at radius 1 is 0.407 bits per heavy atom. The van der Waals surface area contributed by atoms with E-state index in [9.17, 15) is 0 Å². The molecule has 5 aliphatic carbocycles. The fourth-order valence-corrected chi connectivity index (χ4v) is 11.9. The molecule has 0 N–H and O–H groups in total. The van der Waals surface area contributed by atoms with Crippen molar-refractivity contribution in [2.75, 3.05) is 4.90 Å². The predicted molar refractivity (Wildman–Crippen MR) is 223 cm³/mol. The van der Waals surface area contributed by atoms with Gasteiger partial charge in [-0.15, -0.1) is 0 Å². The summed E-state index contributed by atoms with van der Waals surface area (Å²) in [5.41, 5.74) is 16.5. The Labute approximate surface area is 316 Å². The molecule has 0 unspecified atom stereocenters. The summed E-state index contributed by atoms with van der Waals surface area (Å²) in [5, 5.41) is 2.29. The maximum atomic E-state index is 6.30. The highest BCUT2D eigenvalue weighted by Crippen LogP contribution is 2.69. The van der Waals surface area contributed by atoms with Crippen molar-refractivity contribution in [2.45, 2.75) is 37.5 Å². The van der Waals surface area contributed by atoms with E-state index in [2.05, 4.69) is 163 Å². The van der Waals surface area contributed by atoms with Crippen molar-refractivity contribution < 1.29 is 4.42 Å². The van der Waals surface area contributed by atoms with E-state index < -0.39 is 0 Å². The first-order chi connectivity index (χ1) is 26.7. The van der Waals surface area contributed by atoms with Crippen molar-refractivity contribution in [1.29, 1.82) is 0 Å². The lowest BCUT2D eigenvalue weighted by molar-refractivity contribution is -0.0399. The van der Waals surface area contributed by atoms with E-state index in [1.54, 1.807) is 11.1 Å². The third-order valence-electron chi connectivity index (χ3n) is 13.8. The van der Waals surface area contributed by atoms with Gasteiger partial charge in [0.2, 0.25) is 0 Å². The van der Waals surface area contributed by atoms with Gasteiger partial charge >= 0.3 is 0 Å². The van der Waals surface area contributed by atoms with E-state index in [-0.39, 0.29) is 5.41 Å². The average molecular weight is 696 g/mol. The molecule has 0 radical (unpaired) electrons. The Morgan fingerprint density at radius 3 is 1.65 bits per heavy atom. The normalized spacial score (nSPS) is 23.3. The van der Waals surface area contributed by atoms with Gasteiger partial charge in [0.05, 0.1) is 0 Å². The number of hydrogen-bond donors (Lipinski definition) is 0. The molecule has 4 bridgehead atoms. The molecular formula is C52H41NO. The van der Waals surface area contributed by atoms with E-state index in [1.807, 2.05) is 6.07 Å². The minimum Gasteiger partial charge on any atom is -0.456 e. The molecule has 0 amide bonds. The van der Waals surface area contributed by atoms with Crippen molar-refractivity contribution in [3.8, 4) is 33.4 Å². The number of hydrogen-bond acceptors (Lipinski definition) is 2. The lowest BCUT2D eigenvalue weighted by atomic mass is 9.43. The fraction of sp³-hybridized carbons (Fsp3) is 0.192. The summed E-state index contributed by atoms with van der Waals surface area (Å²) in [6, 6.07) is 60.8. The first-order valence-corrected chi connectivity index (χ1v) is 19.9. The summed E-state index contributed by atoms with van der Waals surface area (Å²) in [5.74, 6) is 3.27. The smallest absolute Gasteiger partial charge is 0.135 e. The summed E-state index contributed by atoms with van der Waals surface area (Å²) in [7, 11) is 0. The molecule has 7 aromatic carbocycles. The molecule has 1 heterocycles. The van der Waals surface area contributed by atoms with Gasteiger partial charge in [0, 0.05) is 33.2 Å². The van der Waals surface area contributed by atoms with Gasteiger partial charge in [-0.05, 0) is 155 Å². The maximum Gasteiger partial charge on any atom is 0.135 e. The molecule has 1 spiro atoms. The highest BCUT2D eigenvalue weighted by molar-refractivity contribution is 6.06. The molecule has 0 atom stereocenters. The van der Waals surface area contributed by atoms with Crippen LogP contribution in [0, 0.1) is 23.7 Å². The van der Waals surface area contributed by atoms with Gasteiger partial charge in [0.1, 0.15) is 11.2 Å². The molecule has 4 fully saturated rings. The second-order valence-electron chi connectivity index (χ2n) is 16.6. The largest absolute Gasteiger partial charge is 0.456 e. The van der Waals surface area contributed by atoms with Crippen LogP contribution < -0.4 is 4.90 Å². The third-order valence-corrected chi connectivity index (χ3v) is 13.8. The summed E-state index contributed by atoms with van der Waals surface area (Å²) >= 11 is 0.